The van der Waals surface area contributed by atoms with Crippen LogP contribution in [0.25, 0.3) is 0 Å². The molecular weight excluding hydrogens is 212 g/mol. The van der Waals surface area contributed by atoms with Gasteiger partial charge in [-0.3, -0.25) is 0 Å². The second-order valence-corrected chi connectivity index (χ2v) is 4.98. The molecule has 90 valence electrons. The van der Waals surface area contributed by atoms with Gasteiger partial charge in [0.1, 0.15) is 5.75 Å². The summed E-state index contributed by atoms with van der Waals surface area (Å²) >= 11 is 0. The first-order chi connectivity index (χ1) is 8.07. The molecule has 0 aromatic heterocycles. The maximum atomic E-state index is 9.11. The number of ether oxygens (including phenoxy) is 1. The van der Waals surface area contributed by atoms with Gasteiger partial charge in [-0.1, -0.05) is 12.1 Å². The van der Waals surface area contributed by atoms with E-state index in [0.29, 0.717) is 0 Å². The largest absolute Gasteiger partial charge is 0.491 e. The number of nitriles is 1. The average molecular weight is 230 g/mol. The Bertz CT molecular complexity index is 427. The molecule has 0 amide bonds. The molecule has 3 nitrogen and oxygen atoms in total. The van der Waals surface area contributed by atoms with Crippen molar-refractivity contribution in [2.75, 3.05) is 0 Å². The first-order valence-corrected chi connectivity index (χ1v) is 6.01. The van der Waals surface area contributed by atoms with Crippen molar-refractivity contribution in [3.8, 4) is 11.8 Å². The molecule has 2 rings (SSSR count). The zero-order valence-corrected chi connectivity index (χ0v) is 10.3. The normalized spacial score (nSPS) is 18.5. The number of nitrogens with zero attached hydrogens (tertiary/aromatic N) is 1. The van der Waals surface area contributed by atoms with Crippen molar-refractivity contribution in [3.05, 3.63) is 29.8 Å². The van der Waals surface area contributed by atoms with Crippen LogP contribution in [0, 0.1) is 16.7 Å². The minimum Gasteiger partial charge on any atom is -0.491 e. The maximum Gasteiger partial charge on any atom is 0.119 e. The van der Waals surface area contributed by atoms with Crippen molar-refractivity contribution in [1.82, 2.24) is 0 Å². The Morgan fingerprint density at radius 1 is 1.29 bits per heavy atom. The van der Waals surface area contributed by atoms with Gasteiger partial charge in [0, 0.05) is 6.04 Å². The number of hydrogen-bond donors (Lipinski definition) is 1. The highest BCUT2D eigenvalue weighted by atomic mass is 16.5. The molecule has 0 spiro atoms. The van der Waals surface area contributed by atoms with Crippen LogP contribution >= 0.6 is 0 Å². The minimum atomic E-state index is -0.319. The van der Waals surface area contributed by atoms with Gasteiger partial charge in [-0.2, -0.15) is 5.26 Å². The molecule has 0 heterocycles. The van der Waals surface area contributed by atoms with E-state index in [0.717, 1.165) is 24.2 Å². The van der Waals surface area contributed by atoms with E-state index in [1.54, 1.807) is 0 Å². The third-order valence-electron chi connectivity index (χ3n) is 3.22. The van der Waals surface area contributed by atoms with E-state index in [1.165, 1.54) is 0 Å². The summed E-state index contributed by atoms with van der Waals surface area (Å²) < 4.78 is 5.57. The molecule has 0 radical (unpaired) electrons. The Hall–Kier alpha value is -1.53. The second kappa shape index (κ2) is 4.38. The summed E-state index contributed by atoms with van der Waals surface area (Å²) in [7, 11) is 0. The molecule has 1 fully saturated rings. The second-order valence-electron chi connectivity index (χ2n) is 4.98. The van der Waals surface area contributed by atoms with E-state index in [4.69, 9.17) is 15.7 Å². The molecule has 0 saturated heterocycles. The lowest BCUT2D eigenvalue weighted by Gasteiger charge is -2.17. The van der Waals surface area contributed by atoms with Crippen LogP contribution in [0.2, 0.25) is 0 Å². The molecule has 1 saturated carbocycles. The summed E-state index contributed by atoms with van der Waals surface area (Å²) in [6.45, 7) is 3.99. The van der Waals surface area contributed by atoms with E-state index in [1.807, 2.05) is 38.1 Å². The third-order valence-corrected chi connectivity index (χ3v) is 3.22. The quantitative estimate of drug-likeness (QED) is 0.865. The van der Waals surface area contributed by atoms with Gasteiger partial charge < -0.3 is 10.5 Å². The van der Waals surface area contributed by atoms with E-state index in [-0.39, 0.29) is 17.6 Å². The number of nitrogens with two attached hydrogens (primary N) is 1. The van der Waals surface area contributed by atoms with Gasteiger partial charge in [0.15, 0.2) is 0 Å². The van der Waals surface area contributed by atoms with Crippen molar-refractivity contribution >= 4 is 0 Å². The molecule has 1 unspecified atom stereocenters. The lowest BCUT2D eigenvalue weighted by Crippen LogP contribution is -2.21. The fourth-order valence-electron chi connectivity index (χ4n) is 1.97. The molecule has 1 aromatic rings. The highest BCUT2D eigenvalue weighted by Gasteiger charge is 2.49. The van der Waals surface area contributed by atoms with Crippen LogP contribution in [-0.2, 0) is 0 Å². The Morgan fingerprint density at radius 2 is 1.88 bits per heavy atom. The lowest BCUT2D eigenvalue weighted by atomic mass is 9.92. The predicted octanol–water partition coefficient (Wildman–Crippen LogP) is 2.78. The van der Waals surface area contributed by atoms with Crippen LogP contribution in [-0.4, -0.2) is 6.10 Å². The van der Waals surface area contributed by atoms with Gasteiger partial charge >= 0.3 is 0 Å². The summed E-state index contributed by atoms with van der Waals surface area (Å²) in [6, 6.07) is 9.92. The average Bonchev–Trinajstić information content (AvgIpc) is 3.09. The number of rotatable bonds is 4. The van der Waals surface area contributed by atoms with Crippen molar-refractivity contribution in [3.63, 3.8) is 0 Å². The number of benzene rings is 1. The summed E-state index contributed by atoms with van der Waals surface area (Å²) in [4.78, 5) is 0. The van der Waals surface area contributed by atoms with Crippen LogP contribution in [0.1, 0.15) is 38.3 Å². The lowest BCUT2D eigenvalue weighted by molar-refractivity contribution is 0.242. The first-order valence-electron chi connectivity index (χ1n) is 6.01. The topological polar surface area (TPSA) is 59.0 Å². The van der Waals surface area contributed by atoms with Crippen LogP contribution in [0.3, 0.4) is 0 Å². The van der Waals surface area contributed by atoms with E-state index >= 15 is 0 Å². The highest BCUT2D eigenvalue weighted by molar-refractivity contribution is 5.33. The first kappa shape index (κ1) is 11.9. The molecule has 1 aliphatic carbocycles. The predicted molar refractivity (Wildman–Crippen MR) is 66.4 cm³/mol. The fourth-order valence-corrected chi connectivity index (χ4v) is 1.97. The van der Waals surface area contributed by atoms with Crippen LogP contribution in [0.4, 0.5) is 0 Å². The van der Waals surface area contributed by atoms with Crippen LogP contribution in [0.15, 0.2) is 24.3 Å². The Labute approximate surface area is 102 Å². The SMILES string of the molecule is CC(C)Oc1ccc(C(N)C2(C#N)CC2)cc1. The molecular formula is C14H18N2O. The molecule has 2 N–H and O–H groups in total. The van der Waals surface area contributed by atoms with Gasteiger partial charge in [-0.05, 0) is 44.4 Å². The fraction of sp³-hybridized carbons (Fsp3) is 0.500. The van der Waals surface area contributed by atoms with Gasteiger partial charge in [0.25, 0.3) is 0 Å². The molecule has 1 atom stereocenters. The molecule has 1 aromatic carbocycles. The van der Waals surface area contributed by atoms with Gasteiger partial charge in [-0.15, -0.1) is 0 Å². The van der Waals surface area contributed by atoms with Crippen molar-refractivity contribution < 1.29 is 4.74 Å². The monoisotopic (exact) mass is 230 g/mol. The molecule has 1 aliphatic rings. The van der Waals surface area contributed by atoms with Crippen LogP contribution in [0.5, 0.6) is 5.75 Å². The summed E-state index contributed by atoms with van der Waals surface area (Å²) in [6.07, 6.45) is 1.99. The third kappa shape index (κ3) is 2.42. The van der Waals surface area contributed by atoms with E-state index < -0.39 is 0 Å². The summed E-state index contributed by atoms with van der Waals surface area (Å²) in [5, 5.41) is 9.11. The number of hydrogen-bond acceptors (Lipinski definition) is 3. The Morgan fingerprint density at radius 3 is 2.29 bits per heavy atom. The van der Waals surface area contributed by atoms with Gasteiger partial charge in [0.05, 0.1) is 17.6 Å². The van der Waals surface area contributed by atoms with Crippen molar-refractivity contribution in [2.24, 2.45) is 11.1 Å². The minimum absolute atomic E-state index is 0.170. The van der Waals surface area contributed by atoms with E-state index in [9.17, 15) is 0 Å². The zero-order chi connectivity index (χ0) is 12.5. The van der Waals surface area contributed by atoms with Crippen molar-refractivity contribution in [2.45, 2.75) is 38.8 Å². The summed E-state index contributed by atoms with van der Waals surface area (Å²) in [5.41, 5.74) is 6.83. The molecule has 0 bridgehead atoms. The summed E-state index contributed by atoms with van der Waals surface area (Å²) in [5.74, 6) is 0.845. The molecule has 0 aliphatic heterocycles. The maximum absolute atomic E-state index is 9.11. The molecule has 3 heteroatoms. The highest BCUT2D eigenvalue weighted by Crippen LogP contribution is 2.53. The van der Waals surface area contributed by atoms with Gasteiger partial charge in [0.2, 0.25) is 0 Å². The molecule has 17 heavy (non-hydrogen) atoms. The Kier molecular flexibility index (Phi) is 3.08. The Balaban J connectivity index is 2.11. The standard InChI is InChI=1S/C14H18N2O/c1-10(2)17-12-5-3-11(4-6-12)13(16)14(9-15)7-8-14/h3-6,10,13H,7-8,16H2,1-2H3. The van der Waals surface area contributed by atoms with Crippen LogP contribution < -0.4 is 10.5 Å². The van der Waals surface area contributed by atoms with Gasteiger partial charge in [-0.25, -0.2) is 0 Å². The van der Waals surface area contributed by atoms with Crippen molar-refractivity contribution in [1.29, 1.82) is 5.26 Å². The zero-order valence-electron chi connectivity index (χ0n) is 10.3. The smallest absolute Gasteiger partial charge is 0.119 e. The van der Waals surface area contributed by atoms with E-state index in [2.05, 4.69) is 6.07 Å².